The molecule has 3 nitrogen and oxygen atoms in total. The second kappa shape index (κ2) is 6.61. The Kier molecular flexibility index (Phi) is 5.43. The molecule has 1 unspecified atom stereocenters. The van der Waals surface area contributed by atoms with Crippen molar-refractivity contribution in [2.45, 2.75) is 26.0 Å². The van der Waals surface area contributed by atoms with Gasteiger partial charge in [0.1, 0.15) is 0 Å². The van der Waals surface area contributed by atoms with Crippen LogP contribution in [0, 0.1) is 11.3 Å². The van der Waals surface area contributed by atoms with Crippen LogP contribution >= 0.6 is 11.6 Å². The minimum Gasteiger partial charge on any atom is -0.387 e. The molecule has 0 bridgehead atoms. The van der Waals surface area contributed by atoms with Crippen molar-refractivity contribution in [3.8, 4) is 6.07 Å². The second-order valence-electron chi connectivity index (χ2n) is 4.22. The van der Waals surface area contributed by atoms with Crippen molar-refractivity contribution in [1.82, 2.24) is 4.90 Å². The van der Waals surface area contributed by atoms with Crippen molar-refractivity contribution in [2.75, 3.05) is 13.1 Å². The predicted octanol–water partition coefficient (Wildman–Crippen LogP) is 2.61. The van der Waals surface area contributed by atoms with E-state index in [2.05, 4.69) is 6.07 Å². The Morgan fingerprint density at radius 2 is 2.06 bits per heavy atom. The maximum atomic E-state index is 10.1. The second-order valence-corrected chi connectivity index (χ2v) is 4.63. The number of benzene rings is 1. The third-order valence-electron chi connectivity index (χ3n) is 2.68. The standard InChI is InChI=1S/C13H17ClN2O/c1-10(2)16(8-7-15)9-13(17)11-5-3-4-6-12(11)14/h3-6,10,13,17H,8-9H2,1-2H3. The third-order valence-corrected chi connectivity index (χ3v) is 3.02. The van der Waals surface area contributed by atoms with Gasteiger partial charge in [-0.05, 0) is 19.9 Å². The lowest BCUT2D eigenvalue weighted by molar-refractivity contribution is 0.104. The van der Waals surface area contributed by atoms with Crippen LogP contribution in [0.2, 0.25) is 5.02 Å². The molecule has 1 aromatic carbocycles. The average Bonchev–Trinajstić information content (AvgIpc) is 2.28. The molecule has 0 radical (unpaired) electrons. The first-order valence-corrected chi connectivity index (χ1v) is 5.97. The van der Waals surface area contributed by atoms with E-state index in [0.29, 0.717) is 23.7 Å². The van der Waals surface area contributed by atoms with E-state index in [0.717, 1.165) is 0 Å². The largest absolute Gasteiger partial charge is 0.387 e. The summed E-state index contributed by atoms with van der Waals surface area (Å²) in [5.74, 6) is 0. The van der Waals surface area contributed by atoms with Gasteiger partial charge >= 0.3 is 0 Å². The van der Waals surface area contributed by atoms with Gasteiger partial charge < -0.3 is 5.11 Å². The zero-order valence-corrected chi connectivity index (χ0v) is 10.9. The molecule has 0 fully saturated rings. The van der Waals surface area contributed by atoms with E-state index in [1.807, 2.05) is 30.9 Å². The van der Waals surface area contributed by atoms with Gasteiger partial charge in [0.25, 0.3) is 0 Å². The molecule has 0 saturated heterocycles. The highest BCUT2D eigenvalue weighted by Gasteiger charge is 2.17. The number of nitrogens with zero attached hydrogens (tertiary/aromatic N) is 2. The molecular weight excluding hydrogens is 236 g/mol. The normalized spacial score (nSPS) is 12.8. The molecule has 1 N–H and O–H groups in total. The van der Waals surface area contributed by atoms with Crippen LogP contribution in [-0.2, 0) is 0 Å². The first-order valence-electron chi connectivity index (χ1n) is 5.59. The summed E-state index contributed by atoms with van der Waals surface area (Å²) in [6.07, 6.45) is -0.667. The maximum absolute atomic E-state index is 10.1. The van der Waals surface area contributed by atoms with Crippen molar-refractivity contribution in [3.05, 3.63) is 34.9 Å². The molecule has 1 rings (SSSR count). The summed E-state index contributed by atoms with van der Waals surface area (Å²) in [4.78, 5) is 1.91. The Labute approximate surface area is 107 Å². The molecule has 0 aromatic heterocycles. The van der Waals surface area contributed by atoms with E-state index in [-0.39, 0.29) is 6.04 Å². The van der Waals surface area contributed by atoms with Crippen molar-refractivity contribution in [2.24, 2.45) is 0 Å². The van der Waals surface area contributed by atoms with Gasteiger partial charge in [-0.2, -0.15) is 5.26 Å². The molecule has 4 heteroatoms. The molecule has 92 valence electrons. The van der Waals surface area contributed by atoms with E-state index < -0.39 is 6.10 Å². The van der Waals surface area contributed by atoms with Crippen molar-refractivity contribution >= 4 is 11.6 Å². The Balaban J connectivity index is 2.74. The molecule has 17 heavy (non-hydrogen) atoms. The van der Waals surface area contributed by atoms with Crippen LogP contribution in [0.5, 0.6) is 0 Å². The highest BCUT2D eigenvalue weighted by atomic mass is 35.5. The van der Waals surface area contributed by atoms with Crippen molar-refractivity contribution in [3.63, 3.8) is 0 Å². The predicted molar refractivity (Wildman–Crippen MR) is 68.7 cm³/mol. The monoisotopic (exact) mass is 252 g/mol. The summed E-state index contributed by atoms with van der Waals surface area (Å²) in [5, 5.41) is 19.4. The first-order chi connectivity index (χ1) is 8.06. The molecule has 0 aliphatic carbocycles. The van der Waals surface area contributed by atoms with Gasteiger partial charge in [-0.3, -0.25) is 4.90 Å². The van der Waals surface area contributed by atoms with Gasteiger partial charge in [0.15, 0.2) is 0 Å². The Morgan fingerprint density at radius 3 is 2.59 bits per heavy atom. The van der Waals surface area contributed by atoms with Gasteiger partial charge in [-0.1, -0.05) is 29.8 Å². The molecule has 1 atom stereocenters. The highest BCUT2D eigenvalue weighted by Crippen LogP contribution is 2.23. The summed E-state index contributed by atoms with van der Waals surface area (Å²) in [7, 11) is 0. The zero-order chi connectivity index (χ0) is 12.8. The van der Waals surface area contributed by atoms with Gasteiger partial charge in [0.2, 0.25) is 0 Å². The number of rotatable bonds is 5. The van der Waals surface area contributed by atoms with Crippen molar-refractivity contribution < 1.29 is 5.11 Å². The lowest BCUT2D eigenvalue weighted by atomic mass is 10.1. The molecular formula is C13H17ClN2O. The SMILES string of the molecule is CC(C)N(CC#N)CC(O)c1ccccc1Cl. The topological polar surface area (TPSA) is 47.3 Å². The molecule has 1 aromatic rings. The molecule has 0 amide bonds. The van der Waals surface area contributed by atoms with Crippen LogP contribution in [0.15, 0.2) is 24.3 Å². The van der Waals surface area contributed by atoms with Gasteiger partial charge in [-0.15, -0.1) is 0 Å². The van der Waals surface area contributed by atoms with E-state index in [1.165, 1.54) is 0 Å². The van der Waals surface area contributed by atoms with E-state index >= 15 is 0 Å². The maximum Gasteiger partial charge on any atom is 0.0931 e. The smallest absolute Gasteiger partial charge is 0.0931 e. The van der Waals surface area contributed by atoms with Crippen LogP contribution in [0.3, 0.4) is 0 Å². The van der Waals surface area contributed by atoms with Crippen LogP contribution in [0.4, 0.5) is 0 Å². The number of halogens is 1. The fourth-order valence-electron chi connectivity index (χ4n) is 1.61. The number of hydrogen-bond acceptors (Lipinski definition) is 3. The van der Waals surface area contributed by atoms with Crippen LogP contribution in [-0.4, -0.2) is 29.1 Å². The van der Waals surface area contributed by atoms with E-state index in [9.17, 15) is 5.11 Å². The number of nitriles is 1. The fraction of sp³-hybridized carbons (Fsp3) is 0.462. The fourth-order valence-corrected chi connectivity index (χ4v) is 1.88. The quantitative estimate of drug-likeness (QED) is 0.820. The average molecular weight is 253 g/mol. The minimum atomic E-state index is -0.667. The van der Waals surface area contributed by atoms with Crippen LogP contribution in [0.1, 0.15) is 25.5 Å². The summed E-state index contributed by atoms with van der Waals surface area (Å²) in [6, 6.07) is 9.54. The Morgan fingerprint density at radius 1 is 1.41 bits per heavy atom. The Bertz CT molecular complexity index is 401. The number of aliphatic hydroxyl groups excluding tert-OH is 1. The highest BCUT2D eigenvalue weighted by molar-refractivity contribution is 6.31. The van der Waals surface area contributed by atoms with Gasteiger partial charge in [0.05, 0.1) is 18.7 Å². The zero-order valence-electron chi connectivity index (χ0n) is 10.1. The molecule has 0 spiro atoms. The third kappa shape index (κ3) is 4.01. The minimum absolute atomic E-state index is 0.215. The van der Waals surface area contributed by atoms with Crippen LogP contribution in [0.25, 0.3) is 0 Å². The molecule has 0 aliphatic heterocycles. The summed E-state index contributed by atoms with van der Waals surface area (Å²) >= 11 is 6.02. The Hall–Kier alpha value is -1.08. The van der Waals surface area contributed by atoms with Crippen LogP contribution < -0.4 is 0 Å². The van der Waals surface area contributed by atoms with Gasteiger partial charge in [0, 0.05) is 23.2 Å². The number of hydrogen-bond donors (Lipinski definition) is 1. The molecule has 0 heterocycles. The van der Waals surface area contributed by atoms with Gasteiger partial charge in [-0.25, -0.2) is 0 Å². The molecule has 0 aliphatic rings. The lowest BCUT2D eigenvalue weighted by Crippen LogP contribution is -2.35. The summed E-state index contributed by atoms with van der Waals surface area (Å²) in [5.41, 5.74) is 0.706. The van der Waals surface area contributed by atoms with Crippen molar-refractivity contribution in [1.29, 1.82) is 5.26 Å². The summed E-state index contributed by atoms with van der Waals surface area (Å²) < 4.78 is 0. The van der Waals surface area contributed by atoms with E-state index in [4.69, 9.17) is 16.9 Å². The van der Waals surface area contributed by atoms with E-state index in [1.54, 1.807) is 12.1 Å². The first kappa shape index (κ1) is 14.0. The summed E-state index contributed by atoms with van der Waals surface area (Å²) in [6.45, 7) is 4.71. The molecule has 0 saturated carbocycles. The lowest BCUT2D eigenvalue weighted by Gasteiger charge is -2.26. The number of aliphatic hydroxyl groups is 1.